The van der Waals surface area contributed by atoms with Gasteiger partial charge < -0.3 is 9.80 Å². The number of rotatable bonds is 6. The molecule has 19 heavy (non-hydrogen) atoms. The van der Waals surface area contributed by atoms with Crippen molar-refractivity contribution < 1.29 is 4.79 Å². The quantitative estimate of drug-likeness (QED) is 0.713. The van der Waals surface area contributed by atoms with Crippen LogP contribution < -0.4 is 0 Å². The smallest absolute Gasteiger partial charge is 0.222 e. The molecule has 0 bridgehead atoms. The summed E-state index contributed by atoms with van der Waals surface area (Å²) in [6, 6.07) is 2.43. The van der Waals surface area contributed by atoms with E-state index in [0.717, 1.165) is 45.6 Å². The minimum Gasteiger partial charge on any atom is -0.349 e. The zero-order valence-electron chi connectivity index (χ0n) is 12.4. The summed E-state index contributed by atoms with van der Waals surface area (Å²) in [6.45, 7) is 6.99. The normalized spacial score (nSPS) is 18.8. The molecule has 0 N–H and O–H groups in total. The second-order valence-corrected chi connectivity index (χ2v) is 5.32. The molecule has 1 fully saturated rings. The Hall–Kier alpha value is -1.12. The second kappa shape index (κ2) is 8.13. The molecule has 0 radical (unpaired) electrons. The van der Waals surface area contributed by atoms with E-state index in [1.54, 1.807) is 19.0 Å². The van der Waals surface area contributed by atoms with Crippen molar-refractivity contribution in [3.8, 4) is 6.07 Å². The zero-order valence-corrected chi connectivity index (χ0v) is 12.4. The molecular formula is C14H26N4O. The second-order valence-electron chi connectivity index (χ2n) is 5.32. The number of nitriles is 1. The lowest BCUT2D eigenvalue weighted by Crippen LogP contribution is -2.50. The highest BCUT2D eigenvalue weighted by Gasteiger charge is 2.22. The number of hydrogen-bond acceptors (Lipinski definition) is 4. The van der Waals surface area contributed by atoms with Crippen LogP contribution in [-0.4, -0.2) is 73.5 Å². The molecule has 1 atom stereocenters. The molecule has 1 unspecified atom stereocenters. The third kappa shape index (κ3) is 5.17. The Balaban J connectivity index is 2.20. The van der Waals surface area contributed by atoms with Crippen LogP contribution in [-0.2, 0) is 4.79 Å². The van der Waals surface area contributed by atoms with Gasteiger partial charge in [0.2, 0.25) is 5.91 Å². The predicted octanol–water partition coefficient (Wildman–Crippen LogP) is 0.775. The van der Waals surface area contributed by atoms with E-state index in [1.165, 1.54) is 0 Å². The van der Waals surface area contributed by atoms with E-state index >= 15 is 0 Å². The third-order valence-electron chi connectivity index (χ3n) is 3.75. The van der Waals surface area contributed by atoms with Crippen LogP contribution in [0.2, 0.25) is 0 Å². The van der Waals surface area contributed by atoms with Crippen molar-refractivity contribution in [2.24, 2.45) is 0 Å². The molecule has 1 aliphatic heterocycles. The highest BCUT2D eigenvalue weighted by molar-refractivity contribution is 5.75. The Morgan fingerprint density at radius 2 is 1.95 bits per heavy atom. The van der Waals surface area contributed by atoms with Crippen LogP contribution in [0, 0.1) is 11.3 Å². The Morgan fingerprint density at radius 1 is 1.32 bits per heavy atom. The first-order valence-corrected chi connectivity index (χ1v) is 7.14. The van der Waals surface area contributed by atoms with Gasteiger partial charge in [-0.25, -0.2) is 0 Å². The van der Waals surface area contributed by atoms with Crippen molar-refractivity contribution in [3.05, 3.63) is 0 Å². The lowest BCUT2D eigenvalue weighted by molar-refractivity contribution is -0.128. The molecule has 5 nitrogen and oxygen atoms in total. The van der Waals surface area contributed by atoms with Gasteiger partial charge in [-0.1, -0.05) is 6.92 Å². The average Bonchev–Trinajstić information content (AvgIpc) is 2.41. The van der Waals surface area contributed by atoms with Crippen LogP contribution in [0.4, 0.5) is 0 Å². The first-order valence-electron chi connectivity index (χ1n) is 7.14. The van der Waals surface area contributed by atoms with Gasteiger partial charge in [-0.05, 0) is 19.4 Å². The predicted molar refractivity (Wildman–Crippen MR) is 75.6 cm³/mol. The van der Waals surface area contributed by atoms with Crippen molar-refractivity contribution in [2.45, 2.75) is 32.2 Å². The summed E-state index contributed by atoms with van der Waals surface area (Å²) < 4.78 is 0. The summed E-state index contributed by atoms with van der Waals surface area (Å²) in [7, 11) is 3.60. The maximum absolute atomic E-state index is 11.5. The lowest BCUT2D eigenvalue weighted by Gasteiger charge is -2.36. The summed E-state index contributed by atoms with van der Waals surface area (Å²) in [4.78, 5) is 17.8. The third-order valence-corrected chi connectivity index (χ3v) is 3.75. The fourth-order valence-electron chi connectivity index (χ4n) is 2.41. The molecule has 0 saturated carbocycles. The molecule has 5 heteroatoms. The van der Waals surface area contributed by atoms with Crippen LogP contribution in [0.5, 0.6) is 0 Å². The monoisotopic (exact) mass is 266 g/mol. The van der Waals surface area contributed by atoms with E-state index in [4.69, 9.17) is 5.26 Å². The van der Waals surface area contributed by atoms with Crippen molar-refractivity contribution in [3.63, 3.8) is 0 Å². The van der Waals surface area contributed by atoms with Gasteiger partial charge in [-0.2, -0.15) is 5.26 Å². The largest absolute Gasteiger partial charge is 0.349 e. The minimum atomic E-state index is 0.0671. The van der Waals surface area contributed by atoms with Gasteiger partial charge in [0.1, 0.15) is 0 Å². The van der Waals surface area contributed by atoms with Crippen LogP contribution in [0.15, 0.2) is 0 Å². The van der Waals surface area contributed by atoms with E-state index in [-0.39, 0.29) is 11.9 Å². The van der Waals surface area contributed by atoms with Crippen molar-refractivity contribution in [1.29, 1.82) is 5.26 Å². The van der Waals surface area contributed by atoms with Gasteiger partial charge in [-0.15, -0.1) is 0 Å². The lowest BCUT2D eigenvalue weighted by atomic mass is 10.1. The number of amides is 1. The fraction of sp³-hybridized carbons (Fsp3) is 0.857. The Labute approximate surface area is 116 Å². The highest BCUT2D eigenvalue weighted by Crippen LogP contribution is 2.09. The van der Waals surface area contributed by atoms with Gasteiger partial charge in [-0.3, -0.25) is 9.69 Å². The van der Waals surface area contributed by atoms with Crippen molar-refractivity contribution in [2.75, 3.05) is 46.8 Å². The SMILES string of the molecule is CCC(C#N)N1CCN(CCCC(=O)N(C)C)CC1. The van der Waals surface area contributed by atoms with E-state index < -0.39 is 0 Å². The molecule has 1 amide bonds. The molecule has 108 valence electrons. The maximum Gasteiger partial charge on any atom is 0.222 e. The fourth-order valence-corrected chi connectivity index (χ4v) is 2.41. The molecule has 0 aromatic carbocycles. The molecule has 0 aromatic heterocycles. The zero-order chi connectivity index (χ0) is 14.3. The van der Waals surface area contributed by atoms with Crippen LogP contribution in [0.25, 0.3) is 0 Å². The van der Waals surface area contributed by atoms with Gasteiger partial charge in [0, 0.05) is 46.7 Å². The van der Waals surface area contributed by atoms with Gasteiger partial charge >= 0.3 is 0 Å². The van der Waals surface area contributed by atoms with Crippen LogP contribution in [0.1, 0.15) is 26.2 Å². The molecule has 1 rings (SSSR count). The summed E-state index contributed by atoms with van der Waals surface area (Å²) >= 11 is 0. The Kier molecular flexibility index (Phi) is 6.82. The average molecular weight is 266 g/mol. The summed E-state index contributed by atoms with van der Waals surface area (Å²) in [5.74, 6) is 0.203. The summed E-state index contributed by atoms with van der Waals surface area (Å²) in [5.41, 5.74) is 0. The minimum absolute atomic E-state index is 0.0671. The number of piperazine rings is 1. The molecule has 1 heterocycles. The first kappa shape index (κ1) is 15.9. The Bertz CT molecular complexity index is 316. The molecule has 1 aliphatic rings. The van der Waals surface area contributed by atoms with E-state index in [2.05, 4.69) is 22.8 Å². The topological polar surface area (TPSA) is 50.6 Å². The standard InChI is InChI=1S/C14H26N4O/c1-4-13(12-15)18-10-8-17(9-11-18)7-5-6-14(19)16(2)3/h13H,4-11H2,1-3H3. The maximum atomic E-state index is 11.5. The number of hydrogen-bond donors (Lipinski definition) is 0. The summed E-state index contributed by atoms with van der Waals surface area (Å²) in [5, 5.41) is 9.05. The van der Waals surface area contributed by atoms with Gasteiger partial charge in [0.15, 0.2) is 0 Å². The molecule has 0 spiro atoms. The van der Waals surface area contributed by atoms with Gasteiger partial charge in [0.05, 0.1) is 12.1 Å². The summed E-state index contributed by atoms with van der Waals surface area (Å²) in [6.07, 6.45) is 2.45. The van der Waals surface area contributed by atoms with E-state index in [1.807, 2.05) is 0 Å². The number of nitrogens with zero attached hydrogens (tertiary/aromatic N) is 4. The molecule has 0 aromatic rings. The van der Waals surface area contributed by atoms with E-state index in [9.17, 15) is 4.79 Å². The van der Waals surface area contributed by atoms with Crippen molar-refractivity contribution >= 4 is 5.91 Å². The molecular weight excluding hydrogens is 240 g/mol. The first-order chi connectivity index (χ1) is 9.08. The number of carbonyl (C=O) groups is 1. The molecule has 0 aliphatic carbocycles. The Morgan fingerprint density at radius 3 is 2.42 bits per heavy atom. The van der Waals surface area contributed by atoms with Gasteiger partial charge in [0.25, 0.3) is 0 Å². The van der Waals surface area contributed by atoms with E-state index in [0.29, 0.717) is 6.42 Å². The van der Waals surface area contributed by atoms with Crippen LogP contribution >= 0.6 is 0 Å². The molecule has 1 saturated heterocycles. The highest BCUT2D eigenvalue weighted by atomic mass is 16.2. The van der Waals surface area contributed by atoms with Crippen LogP contribution in [0.3, 0.4) is 0 Å². The van der Waals surface area contributed by atoms with Crippen molar-refractivity contribution in [1.82, 2.24) is 14.7 Å². The number of carbonyl (C=O) groups excluding carboxylic acids is 1.